The Balaban J connectivity index is 1.40. The summed E-state index contributed by atoms with van der Waals surface area (Å²) >= 11 is 7.43. The van der Waals surface area contributed by atoms with Gasteiger partial charge in [-0.05, 0) is 41.8 Å². The van der Waals surface area contributed by atoms with Gasteiger partial charge in [-0.25, -0.2) is 9.98 Å². The van der Waals surface area contributed by atoms with Crippen molar-refractivity contribution in [3.63, 3.8) is 0 Å². The Labute approximate surface area is 177 Å². The van der Waals surface area contributed by atoms with Gasteiger partial charge >= 0.3 is 0 Å². The van der Waals surface area contributed by atoms with Crippen LogP contribution in [0.2, 0.25) is 5.02 Å². The van der Waals surface area contributed by atoms with Gasteiger partial charge in [0, 0.05) is 23.2 Å². The summed E-state index contributed by atoms with van der Waals surface area (Å²) in [5, 5.41) is 5.28. The molecule has 1 aliphatic heterocycles. The number of amidine groups is 1. The Kier molecular flexibility index (Phi) is 5.56. The largest absolute Gasteiger partial charge is 0.313 e. The molecule has 29 heavy (non-hydrogen) atoms. The van der Waals surface area contributed by atoms with Crippen LogP contribution in [0.4, 0.5) is 5.69 Å². The summed E-state index contributed by atoms with van der Waals surface area (Å²) in [5.41, 5.74) is 5.74. The van der Waals surface area contributed by atoms with E-state index in [0.29, 0.717) is 29.4 Å². The van der Waals surface area contributed by atoms with Crippen LogP contribution in [-0.4, -0.2) is 22.5 Å². The second-order valence-corrected chi connectivity index (χ2v) is 8.09. The van der Waals surface area contributed by atoms with Crippen molar-refractivity contribution in [2.75, 3.05) is 0 Å². The van der Waals surface area contributed by atoms with Crippen molar-refractivity contribution >= 4 is 46.2 Å². The first-order valence-corrected chi connectivity index (χ1v) is 10.5. The van der Waals surface area contributed by atoms with Crippen LogP contribution in [0, 0.1) is 0 Å². The summed E-state index contributed by atoms with van der Waals surface area (Å²) in [6.45, 7) is 1.84. The van der Waals surface area contributed by atoms with E-state index < -0.39 is 0 Å². The lowest BCUT2D eigenvalue weighted by atomic mass is 10.00. The molecule has 0 unspecified atom stereocenters. The quantitative estimate of drug-likeness (QED) is 0.603. The second kappa shape index (κ2) is 8.27. The van der Waals surface area contributed by atoms with Gasteiger partial charge in [-0.1, -0.05) is 35.9 Å². The van der Waals surface area contributed by atoms with Gasteiger partial charge in [-0.2, -0.15) is 0 Å². The van der Waals surface area contributed by atoms with Crippen molar-refractivity contribution in [1.29, 1.82) is 0 Å². The fourth-order valence-electron chi connectivity index (χ4n) is 3.24. The highest BCUT2D eigenvalue weighted by atomic mass is 35.5. The standard InChI is InChI=1S/C22H18ClN3O2S/c1-13(15-3-2-4-17(23)9-15)22(28)26-21-10-16-7-14(5-6-18(16)25-21)8-20(27)19-11-29-12-24-19/h2-7,9,11-13H,8,10H2,1H3,(H,25,26,28)/t13-/m1/s1. The average Bonchev–Trinajstić information content (AvgIpc) is 3.36. The molecule has 146 valence electrons. The summed E-state index contributed by atoms with van der Waals surface area (Å²) in [6.07, 6.45) is 0.826. The van der Waals surface area contributed by atoms with E-state index in [-0.39, 0.29) is 17.6 Å². The maximum Gasteiger partial charge on any atom is 0.232 e. The molecule has 7 heteroatoms. The van der Waals surface area contributed by atoms with E-state index in [1.165, 1.54) is 11.3 Å². The van der Waals surface area contributed by atoms with Crippen LogP contribution in [0.25, 0.3) is 0 Å². The number of amides is 1. The summed E-state index contributed by atoms with van der Waals surface area (Å²) in [6, 6.07) is 13.0. The van der Waals surface area contributed by atoms with E-state index >= 15 is 0 Å². The van der Waals surface area contributed by atoms with Crippen LogP contribution in [0.5, 0.6) is 0 Å². The van der Waals surface area contributed by atoms with Gasteiger partial charge in [0.1, 0.15) is 11.5 Å². The smallest absolute Gasteiger partial charge is 0.232 e. The molecule has 5 nitrogen and oxygen atoms in total. The molecule has 1 aromatic heterocycles. The minimum Gasteiger partial charge on any atom is -0.313 e. The molecule has 0 radical (unpaired) electrons. The summed E-state index contributed by atoms with van der Waals surface area (Å²) in [4.78, 5) is 33.5. The van der Waals surface area contributed by atoms with E-state index in [1.807, 2.05) is 37.3 Å². The van der Waals surface area contributed by atoms with Gasteiger partial charge in [0.2, 0.25) is 5.91 Å². The number of thiazole rings is 1. The third-order valence-electron chi connectivity index (χ3n) is 4.85. The molecule has 0 aliphatic carbocycles. The molecule has 3 aromatic rings. The number of ketones is 1. The SMILES string of the molecule is C[C@@H](C(=O)NC1=Nc2ccc(CC(=O)c3cscn3)cc2C1)c1cccc(Cl)c1. The number of fused-ring (bicyclic) bond motifs is 1. The van der Waals surface area contributed by atoms with Crippen molar-refractivity contribution in [3.8, 4) is 0 Å². The van der Waals surface area contributed by atoms with Crippen molar-refractivity contribution in [3.05, 3.63) is 80.8 Å². The van der Waals surface area contributed by atoms with Crippen LogP contribution in [-0.2, 0) is 17.6 Å². The number of Topliss-reactive ketones (excluding diaryl/α,β-unsaturated/α-hetero) is 1. The van der Waals surface area contributed by atoms with Gasteiger partial charge in [-0.15, -0.1) is 11.3 Å². The van der Waals surface area contributed by atoms with E-state index in [4.69, 9.17) is 11.6 Å². The van der Waals surface area contributed by atoms with E-state index in [9.17, 15) is 9.59 Å². The van der Waals surface area contributed by atoms with Gasteiger partial charge in [0.15, 0.2) is 5.78 Å². The Hall–Kier alpha value is -2.83. The number of benzene rings is 2. The van der Waals surface area contributed by atoms with E-state index in [2.05, 4.69) is 15.3 Å². The monoisotopic (exact) mass is 423 g/mol. The number of nitrogens with one attached hydrogen (secondary N) is 1. The number of aromatic nitrogens is 1. The summed E-state index contributed by atoms with van der Waals surface area (Å²) in [5.74, 6) is 0.139. The molecule has 0 saturated carbocycles. The summed E-state index contributed by atoms with van der Waals surface area (Å²) < 4.78 is 0. The Morgan fingerprint density at radius 3 is 2.86 bits per heavy atom. The molecule has 4 rings (SSSR count). The van der Waals surface area contributed by atoms with Crippen molar-refractivity contribution in [2.45, 2.75) is 25.7 Å². The summed E-state index contributed by atoms with van der Waals surface area (Å²) in [7, 11) is 0. The molecular weight excluding hydrogens is 406 g/mol. The highest BCUT2D eigenvalue weighted by Crippen LogP contribution is 2.28. The number of aliphatic imine (C=N–C) groups is 1. The lowest BCUT2D eigenvalue weighted by Crippen LogP contribution is -2.33. The molecule has 2 heterocycles. The number of carbonyl (C=O) groups is 2. The van der Waals surface area contributed by atoms with Crippen LogP contribution in [0.3, 0.4) is 0 Å². The molecule has 0 saturated heterocycles. The Morgan fingerprint density at radius 1 is 1.24 bits per heavy atom. The van der Waals surface area contributed by atoms with Gasteiger partial charge in [-0.3, -0.25) is 9.59 Å². The molecule has 2 aromatic carbocycles. The molecule has 0 bridgehead atoms. The Bertz CT molecular complexity index is 1110. The molecule has 0 fully saturated rings. The zero-order valence-corrected chi connectivity index (χ0v) is 17.3. The van der Waals surface area contributed by atoms with Crippen molar-refractivity contribution < 1.29 is 9.59 Å². The number of hydrogen-bond acceptors (Lipinski definition) is 5. The topological polar surface area (TPSA) is 71.4 Å². The fourth-order valence-corrected chi connectivity index (χ4v) is 4.00. The van der Waals surface area contributed by atoms with Crippen LogP contribution in [0.1, 0.15) is 40.0 Å². The highest BCUT2D eigenvalue weighted by Gasteiger charge is 2.21. The van der Waals surface area contributed by atoms with E-state index in [0.717, 1.165) is 22.4 Å². The predicted molar refractivity (Wildman–Crippen MR) is 115 cm³/mol. The number of hydrogen-bond donors (Lipinski definition) is 1. The van der Waals surface area contributed by atoms with E-state index in [1.54, 1.807) is 23.0 Å². The molecule has 1 amide bonds. The molecular formula is C22H18ClN3O2S. The predicted octanol–water partition coefficient (Wildman–Crippen LogP) is 4.73. The first kappa shape index (κ1) is 19.5. The molecule has 1 atom stereocenters. The van der Waals surface area contributed by atoms with Gasteiger partial charge in [0.25, 0.3) is 0 Å². The second-order valence-electron chi connectivity index (χ2n) is 6.94. The number of rotatable bonds is 5. The van der Waals surface area contributed by atoms with Gasteiger partial charge < -0.3 is 5.32 Å². The lowest BCUT2D eigenvalue weighted by molar-refractivity contribution is -0.120. The minimum absolute atomic E-state index is 0.00557. The zero-order chi connectivity index (χ0) is 20.4. The molecule has 1 N–H and O–H groups in total. The maximum atomic E-state index is 12.6. The van der Waals surface area contributed by atoms with Crippen LogP contribution in [0.15, 0.2) is 58.3 Å². The van der Waals surface area contributed by atoms with Crippen LogP contribution >= 0.6 is 22.9 Å². The maximum absolute atomic E-state index is 12.6. The average molecular weight is 424 g/mol. The van der Waals surface area contributed by atoms with Crippen molar-refractivity contribution in [1.82, 2.24) is 10.3 Å². The normalized spacial score (nSPS) is 13.5. The first-order chi connectivity index (χ1) is 14.0. The lowest BCUT2D eigenvalue weighted by Gasteiger charge is -2.12. The number of nitrogens with zero attached hydrogens (tertiary/aromatic N) is 2. The Morgan fingerprint density at radius 2 is 2.10 bits per heavy atom. The van der Waals surface area contributed by atoms with Gasteiger partial charge in [0.05, 0.1) is 17.1 Å². The number of halogens is 1. The minimum atomic E-state index is -0.341. The third kappa shape index (κ3) is 4.44. The third-order valence-corrected chi connectivity index (χ3v) is 5.67. The van der Waals surface area contributed by atoms with Crippen molar-refractivity contribution in [2.24, 2.45) is 4.99 Å². The first-order valence-electron chi connectivity index (χ1n) is 9.16. The zero-order valence-electron chi connectivity index (χ0n) is 15.7. The fraction of sp³-hybridized carbons (Fsp3) is 0.182. The molecule has 1 aliphatic rings. The number of carbonyl (C=O) groups excluding carboxylic acids is 2. The molecule has 0 spiro atoms. The van der Waals surface area contributed by atoms with Crippen LogP contribution < -0.4 is 5.32 Å². The highest BCUT2D eigenvalue weighted by molar-refractivity contribution is 7.07.